The zero-order valence-electron chi connectivity index (χ0n) is 11.3. The number of benzene rings is 1. The van der Waals surface area contributed by atoms with E-state index in [4.69, 9.17) is 15.6 Å². The molecule has 112 valence electrons. The molecule has 3 N–H and O–H groups in total. The second kappa shape index (κ2) is 6.36. The molecular weight excluding hydrogens is 276 g/mol. The number of morpholine rings is 1. The Morgan fingerprint density at radius 1 is 1.33 bits per heavy atom. The maximum absolute atomic E-state index is 12.3. The van der Waals surface area contributed by atoms with Crippen LogP contribution in [0.5, 0.6) is 0 Å². The number of nitrogens with two attached hydrogens (primary N) is 1. The third-order valence-electron chi connectivity index (χ3n) is 3.37. The van der Waals surface area contributed by atoms with Crippen molar-refractivity contribution in [1.29, 1.82) is 0 Å². The van der Waals surface area contributed by atoms with E-state index in [9.17, 15) is 14.4 Å². The summed E-state index contributed by atoms with van der Waals surface area (Å²) in [6.07, 6.45) is -0.0910. The predicted molar refractivity (Wildman–Crippen MR) is 72.6 cm³/mol. The lowest BCUT2D eigenvalue weighted by molar-refractivity contribution is -0.146. The van der Waals surface area contributed by atoms with Gasteiger partial charge in [0.1, 0.15) is 6.04 Å². The average molecular weight is 292 g/mol. The highest BCUT2D eigenvalue weighted by molar-refractivity contribution is 5.93. The summed E-state index contributed by atoms with van der Waals surface area (Å²) in [4.78, 5) is 36.2. The second-order valence-electron chi connectivity index (χ2n) is 4.72. The van der Waals surface area contributed by atoms with Gasteiger partial charge in [0, 0.05) is 6.54 Å². The fraction of sp³-hybridized carbons (Fsp3) is 0.357. The van der Waals surface area contributed by atoms with Gasteiger partial charge in [0.15, 0.2) is 0 Å². The highest BCUT2D eigenvalue weighted by Crippen LogP contribution is 2.14. The van der Waals surface area contributed by atoms with Crippen molar-refractivity contribution in [3.63, 3.8) is 0 Å². The highest BCUT2D eigenvalue weighted by Gasteiger charge is 2.31. The fourth-order valence-electron chi connectivity index (χ4n) is 2.29. The van der Waals surface area contributed by atoms with Crippen LogP contribution in [-0.4, -0.2) is 53.6 Å². The Morgan fingerprint density at radius 3 is 2.71 bits per heavy atom. The molecular formula is C14H16N2O5. The molecule has 1 saturated heterocycles. The third kappa shape index (κ3) is 3.38. The average Bonchev–Trinajstić information content (AvgIpc) is 2.47. The minimum absolute atomic E-state index is 0.0711. The fourth-order valence-corrected chi connectivity index (χ4v) is 2.29. The van der Waals surface area contributed by atoms with Crippen molar-refractivity contribution >= 4 is 17.8 Å². The van der Waals surface area contributed by atoms with E-state index >= 15 is 0 Å². The van der Waals surface area contributed by atoms with Crippen LogP contribution in [0.25, 0.3) is 0 Å². The van der Waals surface area contributed by atoms with E-state index in [1.165, 1.54) is 11.0 Å². The molecule has 7 heteroatoms. The van der Waals surface area contributed by atoms with Gasteiger partial charge in [0.2, 0.25) is 11.8 Å². The molecule has 1 aromatic rings. The van der Waals surface area contributed by atoms with Crippen molar-refractivity contribution in [3.8, 4) is 0 Å². The molecule has 1 aromatic carbocycles. The molecule has 1 fully saturated rings. The molecule has 0 spiro atoms. The van der Waals surface area contributed by atoms with Crippen LogP contribution in [0, 0.1) is 0 Å². The topological polar surface area (TPSA) is 110 Å². The molecule has 21 heavy (non-hydrogen) atoms. The Morgan fingerprint density at radius 2 is 2.05 bits per heavy atom. The Labute approximate surface area is 121 Å². The predicted octanol–water partition coefficient (Wildman–Crippen LogP) is -0.360. The molecule has 7 nitrogen and oxygen atoms in total. The van der Waals surface area contributed by atoms with Gasteiger partial charge in [-0.25, -0.2) is 4.79 Å². The van der Waals surface area contributed by atoms with Gasteiger partial charge in [-0.05, 0) is 11.6 Å². The SMILES string of the molecule is NC(=O)C1COCCN1C(=O)Cc1ccccc1C(=O)O. The van der Waals surface area contributed by atoms with Crippen LogP contribution in [0.15, 0.2) is 24.3 Å². The summed E-state index contributed by atoms with van der Waals surface area (Å²) in [5.41, 5.74) is 5.75. The van der Waals surface area contributed by atoms with Gasteiger partial charge in [0.25, 0.3) is 0 Å². The van der Waals surface area contributed by atoms with E-state index in [1.807, 2.05) is 0 Å². The van der Waals surface area contributed by atoms with E-state index < -0.39 is 17.9 Å². The van der Waals surface area contributed by atoms with Gasteiger partial charge in [-0.2, -0.15) is 0 Å². The number of rotatable bonds is 4. The van der Waals surface area contributed by atoms with Crippen molar-refractivity contribution in [2.45, 2.75) is 12.5 Å². The van der Waals surface area contributed by atoms with Gasteiger partial charge in [0.05, 0.1) is 25.2 Å². The number of amides is 2. The minimum Gasteiger partial charge on any atom is -0.478 e. The number of carbonyl (C=O) groups is 3. The largest absolute Gasteiger partial charge is 0.478 e. The number of nitrogens with zero attached hydrogens (tertiary/aromatic N) is 1. The van der Waals surface area contributed by atoms with Crippen molar-refractivity contribution in [2.75, 3.05) is 19.8 Å². The smallest absolute Gasteiger partial charge is 0.335 e. The molecule has 1 atom stereocenters. The first-order valence-corrected chi connectivity index (χ1v) is 6.48. The molecule has 0 radical (unpaired) electrons. The lowest BCUT2D eigenvalue weighted by Gasteiger charge is -2.33. The highest BCUT2D eigenvalue weighted by atomic mass is 16.5. The first kappa shape index (κ1) is 15.0. The van der Waals surface area contributed by atoms with Crippen LogP contribution in [-0.2, 0) is 20.7 Å². The molecule has 0 bridgehead atoms. The van der Waals surface area contributed by atoms with Gasteiger partial charge in [-0.3, -0.25) is 9.59 Å². The Hall–Kier alpha value is -2.41. The number of aromatic carboxylic acids is 1. The minimum atomic E-state index is -1.09. The van der Waals surface area contributed by atoms with Gasteiger partial charge < -0.3 is 20.5 Å². The van der Waals surface area contributed by atoms with Crippen LogP contribution in [0.2, 0.25) is 0 Å². The van der Waals surface area contributed by atoms with Crippen LogP contribution < -0.4 is 5.73 Å². The third-order valence-corrected chi connectivity index (χ3v) is 3.37. The van der Waals surface area contributed by atoms with E-state index in [-0.39, 0.29) is 31.0 Å². The molecule has 1 unspecified atom stereocenters. The summed E-state index contributed by atoms with van der Waals surface area (Å²) >= 11 is 0. The van der Waals surface area contributed by atoms with Crippen LogP contribution in [0.1, 0.15) is 15.9 Å². The van der Waals surface area contributed by atoms with Crippen molar-refractivity contribution in [3.05, 3.63) is 35.4 Å². The first-order chi connectivity index (χ1) is 10.0. The normalized spacial score (nSPS) is 18.3. The molecule has 1 aliphatic rings. The number of hydrogen-bond acceptors (Lipinski definition) is 4. The van der Waals surface area contributed by atoms with E-state index in [1.54, 1.807) is 18.2 Å². The molecule has 2 amide bonds. The van der Waals surface area contributed by atoms with E-state index in [0.29, 0.717) is 12.2 Å². The zero-order valence-corrected chi connectivity index (χ0v) is 11.3. The van der Waals surface area contributed by atoms with Crippen molar-refractivity contribution in [1.82, 2.24) is 4.90 Å². The number of hydrogen-bond donors (Lipinski definition) is 2. The summed E-state index contributed by atoms with van der Waals surface area (Å²) in [6, 6.07) is 5.48. The summed E-state index contributed by atoms with van der Waals surface area (Å²) in [7, 11) is 0. The molecule has 0 saturated carbocycles. The standard InChI is InChI=1S/C14H16N2O5/c15-13(18)11-8-21-6-5-16(11)12(17)7-9-3-1-2-4-10(9)14(19)20/h1-4,11H,5-8H2,(H2,15,18)(H,19,20). The molecule has 0 aliphatic carbocycles. The van der Waals surface area contributed by atoms with E-state index in [2.05, 4.69) is 0 Å². The number of carboxylic acid groups (broad SMARTS) is 1. The molecule has 2 rings (SSSR count). The Bertz CT molecular complexity index is 572. The van der Waals surface area contributed by atoms with Crippen LogP contribution >= 0.6 is 0 Å². The maximum atomic E-state index is 12.3. The van der Waals surface area contributed by atoms with Crippen LogP contribution in [0.4, 0.5) is 0 Å². The number of primary amides is 1. The zero-order chi connectivity index (χ0) is 15.4. The second-order valence-corrected chi connectivity index (χ2v) is 4.72. The van der Waals surface area contributed by atoms with Crippen molar-refractivity contribution in [2.24, 2.45) is 5.73 Å². The van der Waals surface area contributed by atoms with Gasteiger partial charge >= 0.3 is 5.97 Å². The summed E-state index contributed by atoms with van der Waals surface area (Å²) in [5.74, 6) is -2.06. The molecule has 1 heterocycles. The van der Waals surface area contributed by atoms with Gasteiger partial charge in [-0.1, -0.05) is 18.2 Å². The number of carbonyl (C=O) groups excluding carboxylic acids is 2. The lowest BCUT2D eigenvalue weighted by Crippen LogP contribution is -2.55. The first-order valence-electron chi connectivity index (χ1n) is 6.48. The van der Waals surface area contributed by atoms with Crippen molar-refractivity contribution < 1.29 is 24.2 Å². The quantitative estimate of drug-likeness (QED) is 0.787. The maximum Gasteiger partial charge on any atom is 0.335 e. The number of ether oxygens (including phenoxy) is 1. The monoisotopic (exact) mass is 292 g/mol. The lowest BCUT2D eigenvalue weighted by atomic mass is 10.0. The summed E-state index contributed by atoms with van der Waals surface area (Å²) < 4.78 is 5.15. The Kier molecular flexibility index (Phi) is 4.54. The molecule has 1 aliphatic heterocycles. The Balaban J connectivity index is 2.17. The van der Waals surface area contributed by atoms with Crippen LogP contribution in [0.3, 0.4) is 0 Å². The van der Waals surface area contributed by atoms with E-state index in [0.717, 1.165) is 0 Å². The number of carboxylic acids is 1. The van der Waals surface area contributed by atoms with Gasteiger partial charge in [-0.15, -0.1) is 0 Å². The summed E-state index contributed by atoms with van der Waals surface area (Å²) in [5, 5.41) is 9.11. The summed E-state index contributed by atoms with van der Waals surface area (Å²) in [6.45, 7) is 0.666. The molecule has 0 aromatic heterocycles.